The van der Waals surface area contributed by atoms with Gasteiger partial charge in [-0.3, -0.25) is 9.59 Å². The summed E-state index contributed by atoms with van der Waals surface area (Å²) in [5.41, 5.74) is 3.58. The summed E-state index contributed by atoms with van der Waals surface area (Å²) in [5, 5.41) is 11.2. The van der Waals surface area contributed by atoms with Gasteiger partial charge in [0.2, 0.25) is 0 Å². The first-order chi connectivity index (χ1) is 14.8. The molecule has 0 radical (unpaired) electrons. The van der Waals surface area contributed by atoms with Crippen LogP contribution in [0.25, 0.3) is 5.76 Å². The van der Waals surface area contributed by atoms with Crippen LogP contribution in [0.2, 0.25) is 0 Å². The summed E-state index contributed by atoms with van der Waals surface area (Å²) in [7, 11) is 1.61. The Balaban J connectivity index is 2.18. The van der Waals surface area contributed by atoms with Gasteiger partial charge in [-0.25, -0.2) is 0 Å². The fraction of sp³-hybridized carbons (Fsp3) is 0.385. The van der Waals surface area contributed by atoms with Gasteiger partial charge in [0, 0.05) is 12.1 Å². The molecule has 1 unspecified atom stereocenters. The summed E-state index contributed by atoms with van der Waals surface area (Å²) >= 11 is 0. The molecular weight excluding hydrogens is 390 g/mol. The molecule has 0 bridgehead atoms. The molecule has 1 aliphatic heterocycles. The van der Waals surface area contributed by atoms with Crippen molar-refractivity contribution in [3.63, 3.8) is 0 Å². The predicted octanol–water partition coefficient (Wildman–Crippen LogP) is 5.21. The number of amides is 1. The van der Waals surface area contributed by atoms with Crippen molar-refractivity contribution < 1.29 is 19.4 Å². The maximum Gasteiger partial charge on any atom is 0.295 e. The van der Waals surface area contributed by atoms with Gasteiger partial charge >= 0.3 is 0 Å². The molecule has 1 atom stereocenters. The highest BCUT2D eigenvalue weighted by Gasteiger charge is 2.45. The highest BCUT2D eigenvalue weighted by atomic mass is 16.5. The topological polar surface area (TPSA) is 66.8 Å². The van der Waals surface area contributed by atoms with Crippen LogP contribution in [0.4, 0.5) is 0 Å². The van der Waals surface area contributed by atoms with Gasteiger partial charge < -0.3 is 14.7 Å². The van der Waals surface area contributed by atoms with Crippen molar-refractivity contribution in [1.82, 2.24) is 4.90 Å². The van der Waals surface area contributed by atoms with Gasteiger partial charge in [-0.2, -0.15) is 0 Å². The zero-order chi connectivity index (χ0) is 22.7. The fourth-order valence-electron chi connectivity index (χ4n) is 4.12. The van der Waals surface area contributed by atoms with Gasteiger partial charge in [0.25, 0.3) is 11.7 Å². The number of aliphatic hydroxyl groups excluding tert-OH is 1. The summed E-state index contributed by atoms with van der Waals surface area (Å²) in [6.45, 7) is 8.57. The number of rotatable bonds is 7. The number of hydrogen-bond acceptors (Lipinski definition) is 4. The molecular formula is C26H31NO4. The quantitative estimate of drug-likeness (QED) is 0.378. The van der Waals surface area contributed by atoms with Crippen LogP contribution in [0.5, 0.6) is 5.75 Å². The third-order valence-corrected chi connectivity index (χ3v) is 5.83. The molecule has 1 N–H and O–H groups in total. The Morgan fingerprint density at radius 3 is 2.32 bits per heavy atom. The zero-order valence-electron chi connectivity index (χ0n) is 18.9. The van der Waals surface area contributed by atoms with Crippen molar-refractivity contribution in [2.45, 2.75) is 52.5 Å². The number of nitrogens with zero attached hydrogens (tertiary/aromatic N) is 1. The molecule has 1 saturated heterocycles. The lowest BCUT2D eigenvalue weighted by atomic mass is 9.92. The first-order valence-electron chi connectivity index (χ1n) is 10.9. The summed E-state index contributed by atoms with van der Waals surface area (Å²) in [6.07, 6.45) is 1.62. The summed E-state index contributed by atoms with van der Waals surface area (Å²) < 4.78 is 5.44. The molecule has 3 rings (SSSR count). The molecule has 1 heterocycles. The number of methoxy groups -OCH3 is 1. The van der Waals surface area contributed by atoms with E-state index in [9.17, 15) is 14.7 Å². The third-order valence-electron chi connectivity index (χ3n) is 5.83. The molecule has 164 valence electrons. The van der Waals surface area contributed by atoms with Crippen LogP contribution in [0.1, 0.15) is 68.3 Å². The van der Waals surface area contributed by atoms with Crippen LogP contribution >= 0.6 is 0 Å². The fourth-order valence-corrected chi connectivity index (χ4v) is 4.12. The molecule has 1 amide bonds. The Kier molecular flexibility index (Phi) is 6.84. The number of benzene rings is 2. The second-order valence-corrected chi connectivity index (χ2v) is 8.20. The lowest BCUT2D eigenvalue weighted by Gasteiger charge is -2.25. The second kappa shape index (κ2) is 9.38. The molecule has 2 aromatic carbocycles. The van der Waals surface area contributed by atoms with Gasteiger partial charge in [0.1, 0.15) is 11.5 Å². The lowest BCUT2D eigenvalue weighted by molar-refractivity contribution is -0.139. The number of ether oxygens (including phenoxy) is 1. The highest BCUT2D eigenvalue weighted by Crippen LogP contribution is 2.40. The van der Waals surface area contributed by atoms with Gasteiger partial charge in [0.05, 0.1) is 18.7 Å². The van der Waals surface area contributed by atoms with Gasteiger partial charge in [-0.05, 0) is 53.6 Å². The Hall–Kier alpha value is -3.08. The molecule has 2 aromatic rings. The first kappa shape index (κ1) is 22.6. The van der Waals surface area contributed by atoms with Gasteiger partial charge in [-0.15, -0.1) is 0 Å². The highest BCUT2D eigenvalue weighted by molar-refractivity contribution is 6.46. The number of likely N-dealkylation sites (tertiary alicyclic amines) is 1. The molecule has 0 spiro atoms. The number of Topliss-reactive ketones (excluding diaryl/α,β-unsaturated/α-hetero) is 1. The average Bonchev–Trinajstić information content (AvgIpc) is 3.03. The third kappa shape index (κ3) is 4.22. The van der Waals surface area contributed by atoms with Crippen LogP contribution in [0.3, 0.4) is 0 Å². The van der Waals surface area contributed by atoms with Gasteiger partial charge in [0.15, 0.2) is 0 Å². The van der Waals surface area contributed by atoms with E-state index in [-0.39, 0.29) is 17.3 Å². The van der Waals surface area contributed by atoms with Crippen LogP contribution in [-0.2, 0) is 16.0 Å². The van der Waals surface area contributed by atoms with E-state index in [1.54, 1.807) is 24.1 Å². The minimum atomic E-state index is -0.641. The Morgan fingerprint density at radius 1 is 1.10 bits per heavy atom. The van der Waals surface area contributed by atoms with E-state index in [1.807, 2.05) is 51.1 Å². The van der Waals surface area contributed by atoms with Crippen molar-refractivity contribution in [2.75, 3.05) is 13.7 Å². The maximum absolute atomic E-state index is 13.0. The normalized spacial score (nSPS) is 18.1. The van der Waals surface area contributed by atoms with E-state index in [1.165, 1.54) is 5.56 Å². The van der Waals surface area contributed by atoms with Crippen molar-refractivity contribution in [3.8, 4) is 5.75 Å². The van der Waals surface area contributed by atoms with E-state index in [2.05, 4.69) is 6.92 Å². The Bertz CT molecular complexity index is 1000. The second-order valence-electron chi connectivity index (χ2n) is 8.20. The summed E-state index contributed by atoms with van der Waals surface area (Å²) in [6, 6.07) is 12.6. The van der Waals surface area contributed by atoms with E-state index < -0.39 is 17.7 Å². The zero-order valence-corrected chi connectivity index (χ0v) is 18.9. The van der Waals surface area contributed by atoms with Crippen LogP contribution < -0.4 is 4.74 Å². The average molecular weight is 422 g/mol. The number of hydrogen-bond donors (Lipinski definition) is 1. The monoisotopic (exact) mass is 421 g/mol. The molecule has 0 saturated carbocycles. The smallest absolute Gasteiger partial charge is 0.295 e. The van der Waals surface area contributed by atoms with Gasteiger partial charge in [-0.1, -0.05) is 52.0 Å². The number of carbonyl (C=O) groups excluding carboxylic acids is 2. The molecule has 1 fully saturated rings. The van der Waals surface area contributed by atoms with Crippen LogP contribution in [0, 0.1) is 0 Å². The molecule has 1 aliphatic rings. The van der Waals surface area contributed by atoms with E-state index in [0.717, 1.165) is 29.7 Å². The van der Waals surface area contributed by atoms with Crippen LogP contribution in [-0.4, -0.2) is 35.4 Å². The number of ketones is 1. The number of aryl methyl sites for hydroxylation is 1. The molecule has 5 nitrogen and oxygen atoms in total. The number of aliphatic hydroxyl groups is 1. The first-order valence-corrected chi connectivity index (χ1v) is 10.9. The Morgan fingerprint density at radius 2 is 1.77 bits per heavy atom. The molecule has 5 heteroatoms. The Labute approximate surface area is 184 Å². The maximum atomic E-state index is 13.0. The number of carbonyl (C=O) groups is 2. The molecule has 31 heavy (non-hydrogen) atoms. The summed E-state index contributed by atoms with van der Waals surface area (Å²) in [4.78, 5) is 27.4. The summed E-state index contributed by atoms with van der Waals surface area (Å²) in [5.74, 6) is -0.457. The van der Waals surface area contributed by atoms with Crippen molar-refractivity contribution >= 4 is 17.4 Å². The van der Waals surface area contributed by atoms with Crippen LogP contribution in [0.15, 0.2) is 48.0 Å². The minimum Gasteiger partial charge on any atom is -0.507 e. The van der Waals surface area contributed by atoms with Crippen molar-refractivity contribution in [2.24, 2.45) is 0 Å². The van der Waals surface area contributed by atoms with Crippen molar-refractivity contribution in [1.29, 1.82) is 0 Å². The van der Waals surface area contributed by atoms with E-state index in [4.69, 9.17) is 4.74 Å². The lowest BCUT2D eigenvalue weighted by Crippen LogP contribution is -2.30. The predicted molar refractivity (Wildman–Crippen MR) is 122 cm³/mol. The van der Waals surface area contributed by atoms with E-state index in [0.29, 0.717) is 12.1 Å². The SMILES string of the molecule is CCCN1C(=O)C(=O)/C(=C(\O)c2ccc(OC)c(C(C)C)c2)C1c1ccc(CC)cc1. The van der Waals surface area contributed by atoms with E-state index >= 15 is 0 Å². The largest absolute Gasteiger partial charge is 0.507 e. The standard InChI is InChI=1S/C26H31NO4/c1-6-14-27-23(18-10-8-17(7-2)9-11-18)22(25(29)26(27)30)24(28)19-12-13-21(31-5)20(15-19)16(3)4/h8-13,15-16,23,28H,6-7,14H2,1-5H3/b24-22-. The van der Waals surface area contributed by atoms with Crippen molar-refractivity contribution in [3.05, 3.63) is 70.3 Å². The minimum absolute atomic E-state index is 0.141. The molecule has 0 aliphatic carbocycles. The molecule has 0 aromatic heterocycles.